The molecule has 0 aliphatic rings. The van der Waals surface area contributed by atoms with Crippen molar-refractivity contribution in [1.82, 2.24) is 5.32 Å². The number of rotatable bonds is 4. The summed E-state index contributed by atoms with van der Waals surface area (Å²) in [7, 11) is 0. The number of hydrogen-bond acceptors (Lipinski definition) is 4. The Morgan fingerprint density at radius 3 is 2.18 bits per heavy atom. The summed E-state index contributed by atoms with van der Waals surface area (Å²) >= 11 is 18.4. The molecule has 3 rings (SSSR count). The smallest absolute Gasteiger partial charge is 0.265 e. The maximum absolute atomic E-state index is 12.3. The molecule has 1 aromatic heterocycles. The van der Waals surface area contributed by atoms with Gasteiger partial charge in [0.25, 0.3) is 11.8 Å². The van der Waals surface area contributed by atoms with Gasteiger partial charge in [-0.3, -0.25) is 14.9 Å². The molecule has 0 aliphatic carbocycles. The van der Waals surface area contributed by atoms with Crippen LogP contribution in [0, 0.1) is 0 Å². The molecule has 9 heteroatoms. The van der Waals surface area contributed by atoms with Crippen LogP contribution < -0.4 is 16.0 Å². The Kier molecular flexibility index (Phi) is 6.64. The van der Waals surface area contributed by atoms with E-state index in [1.54, 1.807) is 36.4 Å². The van der Waals surface area contributed by atoms with Gasteiger partial charge in [-0.05, 0) is 66.1 Å². The quantitative estimate of drug-likeness (QED) is 0.464. The van der Waals surface area contributed by atoms with Crippen molar-refractivity contribution in [3.05, 3.63) is 80.5 Å². The normalized spacial score (nSPS) is 10.2. The van der Waals surface area contributed by atoms with Crippen LogP contribution >= 0.6 is 46.8 Å². The number of thiophene rings is 1. The van der Waals surface area contributed by atoms with E-state index in [0.29, 0.717) is 21.3 Å². The first-order valence-electron chi connectivity index (χ1n) is 7.94. The second-order valence-corrected chi connectivity index (χ2v) is 7.74. The van der Waals surface area contributed by atoms with Gasteiger partial charge in [-0.1, -0.05) is 29.3 Å². The van der Waals surface area contributed by atoms with Gasteiger partial charge in [0.1, 0.15) is 0 Å². The Hall–Kier alpha value is -2.45. The third-order valence-corrected chi connectivity index (χ3v) is 5.17. The van der Waals surface area contributed by atoms with E-state index in [0.717, 1.165) is 0 Å². The predicted octanol–water partition coefficient (Wildman–Crippen LogP) is 5.43. The van der Waals surface area contributed by atoms with E-state index < -0.39 is 5.91 Å². The van der Waals surface area contributed by atoms with Crippen LogP contribution in [0.4, 0.5) is 11.4 Å². The molecule has 0 atom stereocenters. The summed E-state index contributed by atoms with van der Waals surface area (Å²) in [6.45, 7) is 0. The van der Waals surface area contributed by atoms with Gasteiger partial charge in [0.2, 0.25) is 0 Å². The first-order chi connectivity index (χ1) is 13.4. The summed E-state index contributed by atoms with van der Waals surface area (Å²) in [5.74, 6) is -0.614. The number of carbonyl (C=O) groups excluding carboxylic acids is 2. The van der Waals surface area contributed by atoms with Crippen molar-refractivity contribution in [3.8, 4) is 0 Å². The van der Waals surface area contributed by atoms with Gasteiger partial charge in [0.05, 0.1) is 15.5 Å². The van der Waals surface area contributed by atoms with Crippen molar-refractivity contribution in [1.29, 1.82) is 0 Å². The molecule has 28 heavy (non-hydrogen) atoms. The zero-order chi connectivity index (χ0) is 20.1. The molecule has 2 amide bonds. The maximum atomic E-state index is 12.3. The molecule has 0 spiro atoms. The minimum absolute atomic E-state index is 0.117. The van der Waals surface area contributed by atoms with E-state index in [4.69, 9.17) is 35.4 Å². The van der Waals surface area contributed by atoms with Gasteiger partial charge in [-0.15, -0.1) is 11.3 Å². The summed E-state index contributed by atoms with van der Waals surface area (Å²) in [6.07, 6.45) is 0. The van der Waals surface area contributed by atoms with Crippen molar-refractivity contribution < 1.29 is 9.59 Å². The Labute approximate surface area is 180 Å². The number of benzene rings is 2. The second-order valence-electron chi connectivity index (χ2n) is 5.54. The number of carbonyl (C=O) groups is 2. The number of amides is 2. The van der Waals surface area contributed by atoms with Crippen molar-refractivity contribution >= 4 is 75.1 Å². The fraction of sp³-hybridized carbons (Fsp3) is 0. The second kappa shape index (κ2) is 9.16. The number of thiocarbonyl (C=S) groups is 1. The predicted molar refractivity (Wildman–Crippen MR) is 119 cm³/mol. The summed E-state index contributed by atoms with van der Waals surface area (Å²) < 4.78 is 0. The van der Waals surface area contributed by atoms with E-state index in [9.17, 15) is 9.59 Å². The van der Waals surface area contributed by atoms with E-state index in [1.807, 2.05) is 11.4 Å². The first-order valence-corrected chi connectivity index (χ1v) is 9.99. The van der Waals surface area contributed by atoms with Crippen LogP contribution in [-0.2, 0) is 0 Å². The zero-order valence-corrected chi connectivity index (χ0v) is 17.3. The molecule has 0 unspecified atom stereocenters. The molecule has 0 fully saturated rings. The largest absolute Gasteiger partial charge is 0.332 e. The lowest BCUT2D eigenvalue weighted by atomic mass is 10.2. The molecule has 3 aromatic rings. The molecular weight excluding hydrogens is 437 g/mol. The van der Waals surface area contributed by atoms with Gasteiger partial charge in [-0.25, -0.2) is 0 Å². The highest BCUT2D eigenvalue weighted by Crippen LogP contribution is 2.21. The van der Waals surface area contributed by atoms with Gasteiger partial charge in [0.15, 0.2) is 5.11 Å². The zero-order valence-electron chi connectivity index (χ0n) is 14.2. The summed E-state index contributed by atoms with van der Waals surface area (Å²) in [5.41, 5.74) is 1.57. The minimum Gasteiger partial charge on any atom is -0.332 e. The van der Waals surface area contributed by atoms with Crippen molar-refractivity contribution in [3.63, 3.8) is 0 Å². The highest BCUT2D eigenvalue weighted by Gasteiger charge is 2.12. The third-order valence-electron chi connectivity index (χ3n) is 3.55. The summed E-state index contributed by atoms with van der Waals surface area (Å²) in [5, 5.41) is 10.9. The minimum atomic E-state index is -0.445. The van der Waals surface area contributed by atoms with Gasteiger partial charge in [-0.2, -0.15) is 0 Å². The Morgan fingerprint density at radius 2 is 1.57 bits per heavy atom. The van der Waals surface area contributed by atoms with Crippen molar-refractivity contribution in [2.45, 2.75) is 0 Å². The lowest BCUT2D eigenvalue weighted by Gasteiger charge is -2.11. The third kappa shape index (κ3) is 5.30. The van der Waals surface area contributed by atoms with Gasteiger partial charge in [0, 0.05) is 16.4 Å². The van der Waals surface area contributed by atoms with Crippen LogP contribution in [0.1, 0.15) is 20.0 Å². The molecule has 0 bridgehead atoms. The van der Waals surface area contributed by atoms with E-state index in [-0.39, 0.29) is 21.6 Å². The molecule has 0 saturated carbocycles. The Bertz CT molecular complexity index is 1020. The van der Waals surface area contributed by atoms with Gasteiger partial charge < -0.3 is 10.6 Å². The molecule has 5 nitrogen and oxygen atoms in total. The standard InChI is InChI=1S/C19H13Cl2N3O2S2/c20-11-3-8-14(15(21)10-11)17(25)24-19(27)23-13-6-4-12(5-7-13)22-18(26)16-2-1-9-28-16/h1-10H,(H,22,26)(H2,23,24,25,27). The summed E-state index contributed by atoms with van der Waals surface area (Å²) in [4.78, 5) is 24.9. The number of nitrogens with one attached hydrogen (secondary N) is 3. The highest BCUT2D eigenvalue weighted by atomic mass is 35.5. The SMILES string of the molecule is O=C(Nc1ccc(NC(=S)NC(=O)c2ccc(Cl)cc2Cl)cc1)c1cccs1. The lowest BCUT2D eigenvalue weighted by molar-refractivity contribution is 0.0976. The Balaban J connectivity index is 1.57. The van der Waals surface area contributed by atoms with Crippen LogP contribution in [0.3, 0.4) is 0 Å². The molecule has 1 heterocycles. The topological polar surface area (TPSA) is 70.2 Å². The monoisotopic (exact) mass is 449 g/mol. The highest BCUT2D eigenvalue weighted by molar-refractivity contribution is 7.80. The van der Waals surface area contributed by atoms with Crippen LogP contribution in [0.5, 0.6) is 0 Å². The number of anilines is 2. The Morgan fingerprint density at radius 1 is 0.893 bits per heavy atom. The van der Waals surface area contributed by atoms with Gasteiger partial charge >= 0.3 is 0 Å². The average molecular weight is 450 g/mol. The van der Waals surface area contributed by atoms with Crippen LogP contribution in [-0.4, -0.2) is 16.9 Å². The van der Waals surface area contributed by atoms with E-state index in [2.05, 4.69) is 16.0 Å². The van der Waals surface area contributed by atoms with Crippen LogP contribution in [0.2, 0.25) is 10.0 Å². The molecule has 0 radical (unpaired) electrons. The molecule has 0 aliphatic heterocycles. The summed E-state index contributed by atoms with van der Waals surface area (Å²) in [6, 6.07) is 15.1. The molecule has 2 aromatic carbocycles. The molecule has 3 N–H and O–H groups in total. The van der Waals surface area contributed by atoms with Crippen LogP contribution in [0.25, 0.3) is 0 Å². The fourth-order valence-corrected chi connectivity index (χ4v) is 3.57. The van der Waals surface area contributed by atoms with Crippen molar-refractivity contribution in [2.24, 2.45) is 0 Å². The van der Waals surface area contributed by atoms with Crippen LogP contribution in [0.15, 0.2) is 60.0 Å². The molecular formula is C19H13Cl2N3O2S2. The fourth-order valence-electron chi connectivity index (χ4n) is 2.24. The van der Waals surface area contributed by atoms with E-state index in [1.165, 1.54) is 23.5 Å². The van der Waals surface area contributed by atoms with E-state index >= 15 is 0 Å². The number of hydrogen-bond donors (Lipinski definition) is 3. The molecule has 142 valence electrons. The maximum Gasteiger partial charge on any atom is 0.265 e. The van der Waals surface area contributed by atoms with Crippen molar-refractivity contribution in [2.75, 3.05) is 10.6 Å². The lowest BCUT2D eigenvalue weighted by Crippen LogP contribution is -2.34. The number of halogens is 2. The molecule has 0 saturated heterocycles. The average Bonchev–Trinajstić information content (AvgIpc) is 3.18. The first kappa shape index (κ1) is 20.3.